The molecule has 0 atom stereocenters. The standard InChI is InChI=1S/C7H9F3N2/c1-2-6-11-3-4-12(6)5-7(8,9)10/h3-4H,2,5H2,1H3. The van der Waals surface area contributed by atoms with Gasteiger partial charge in [-0.15, -0.1) is 0 Å². The molecule has 0 N–H and O–H groups in total. The zero-order valence-electron chi connectivity index (χ0n) is 6.60. The molecule has 0 amide bonds. The fourth-order valence-corrected chi connectivity index (χ4v) is 0.992. The Bertz CT molecular complexity index is 251. The quantitative estimate of drug-likeness (QED) is 0.677. The highest BCUT2D eigenvalue weighted by molar-refractivity contribution is 4.92. The van der Waals surface area contributed by atoms with Crippen LogP contribution in [0.15, 0.2) is 12.4 Å². The summed E-state index contributed by atoms with van der Waals surface area (Å²) in [7, 11) is 0. The maximum atomic E-state index is 11.9. The number of imidazole rings is 1. The van der Waals surface area contributed by atoms with Crippen LogP contribution >= 0.6 is 0 Å². The van der Waals surface area contributed by atoms with E-state index in [2.05, 4.69) is 4.98 Å². The molecule has 0 bridgehead atoms. The number of aromatic nitrogens is 2. The SMILES string of the molecule is CCc1nccn1CC(F)(F)F. The first-order valence-electron chi connectivity index (χ1n) is 3.59. The van der Waals surface area contributed by atoms with Crippen molar-refractivity contribution in [2.75, 3.05) is 0 Å². The maximum absolute atomic E-state index is 11.9. The van der Waals surface area contributed by atoms with Gasteiger partial charge in [0.2, 0.25) is 0 Å². The second-order valence-corrected chi connectivity index (χ2v) is 2.44. The van der Waals surface area contributed by atoms with Crippen molar-refractivity contribution in [2.24, 2.45) is 0 Å². The summed E-state index contributed by atoms with van der Waals surface area (Å²) in [6.07, 6.45) is -0.926. The van der Waals surface area contributed by atoms with Gasteiger partial charge in [0.05, 0.1) is 0 Å². The minimum absolute atomic E-state index is 0.465. The number of alkyl halides is 3. The summed E-state index contributed by atoms with van der Waals surface area (Å²) in [5.41, 5.74) is 0. The summed E-state index contributed by atoms with van der Waals surface area (Å²) >= 11 is 0. The Morgan fingerprint density at radius 3 is 2.67 bits per heavy atom. The monoisotopic (exact) mass is 178 g/mol. The number of nitrogens with zero attached hydrogens (tertiary/aromatic N) is 2. The fraction of sp³-hybridized carbons (Fsp3) is 0.571. The molecular weight excluding hydrogens is 169 g/mol. The van der Waals surface area contributed by atoms with E-state index in [4.69, 9.17) is 0 Å². The van der Waals surface area contributed by atoms with Gasteiger partial charge in [0.25, 0.3) is 0 Å². The van der Waals surface area contributed by atoms with E-state index >= 15 is 0 Å². The smallest absolute Gasteiger partial charge is 0.326 e. The van der Waals surface area contributed by atoms with Crippen molar-refractivity contribution in [2.45, 2.75) is 26.1 Å². The Hall–Kier alpha value is -1.00. The lowest BCUT2D eigenvalue weighted by atomic mass is 10.4. The third-order valence-corrected chi connectivity index (χ3v) is 1.47. The third-order valence-electron chi connectivity index (χ3n) is 1.47. The predicted molar refractivity (Wildman–Crippen MR) is 37.7 cm³/mol. The Labute approximate surface area is 68.0 Å². The van der Waals surface area contributed by atoms with Crippen LogP contribution in [0.5, 0.6) is 0 Å². The van der Waals surface area contributed by atoms with E-state index in [0.29, 0.717) is 12.2 Å². The van der Waals surface area contributed by atoms with Crippen molar-refractivity contribution < 1.29 is 13.2 Å². The van der Waals surface area contributed by atoms with Crippen molar-refractivity contribution in [1.29, 1.82) is 0 Å². The predicted octanol–water partition coefficient (Wildman–Crippen LogP) is 2.01. The Kier molecular flexibility index (Phi) is 2.40. The van der Waals surface area contributed by atoms with Gasteiger partial charge in [-0.2, -0.15) is 13.2 Å². The Balaban J connectivity index is 2.75. The van der Waals surface area contributed by atoms with Gasteiger partial charge >= 0.3 is 6.18 Å². The van der Waals surface area contributed by atoms with Crippen LogP contribution in [-0.4, -0.2) is 15.7 Å². The lowest BCUT2D eigenvalue weighted by Crippen LogP contribution is -2.18. The zero-order valence-corrected chi connectivity index (χ0v) is 6.60. The summed E-state index contributed by atoms with van der Waals surface area (Å²) < 4.78 is 36.8. The molecule has 68 valence electrons. The van der Waals surface area contributed by atoms with Gasteiger partial charge in [-0.05, 0) is 0 Å². The molecule has 12 heavy (non-hydrogen) atoms. The first-order chi connectivity index (χ1) is 5.53. The average Bonchev–Trinajstić information content (AvgIpc) is 2.31. The third kappa shape index (κ3) is 2.25. The van der Waals surface area contributed by atoms with Crippen LogP contribution in [0.1, 0.15) is 12.7 Å². The largest absolute Gasteiger partial charge is 0.406 e. The van der Waals surface area contributed by atoms with Gasteiger partial charge in [-0.1, -0.05) is 6.92 Å². The molecule has 0 saturated heterocycles. The van der Waals surface area contributed by atoms with Gasteiger partial charge in [-0.3, -0.25) is 0 Å². The molecule has 0 aliphatic rings. The molecule has 0 fully saturated rings. The molecule has 1 rings (SSSR count). The van der Waals surface area contributed by atoms with E-state index in [1.165, 1.54) is 12.4 Å². The summed E-state index contributed by atoms with van der Waals surface area (Å²) in [6.45, 7) is 0.825. The summed E-state index contributed by atoms with van der Waals surface area (Å²) in [6, 6.07) is 0. The van der Waals surface area contributed by atoms with Gasteiger partial charge in [0.15, 0.2) is 0 Å². The average molecular weight is 178 g/mol. The molecule has 0 spiro atoms. The van der Waals surface area contributed by atoms with Gasteiger partial charge in [0, 0.05) is 18.8 Å². The number of hydrogen-bond acceptors (Lipinski definition) is 1. The van der Waals surface area contributed by atoms with Gasteiger partial charge in [-0.25, -0.2) is 4.98 Å². The van der Waals surface area contributed by atoms with Crippen LogP contribution in [-0.2, 0) is 13.0 Å². The van der Waals surface area contributed by atoms with Crippen molar-refractivity contribution in [3.05, 3.63) is 18.2 Å². The normalized spacial score (nSPS) is 12.0. The van der Waals surface area contributed by atoms with Crippen LogP contribution in [0, 0.1) is 0 Å². The van der Waals surface area contributed by atoms with E-state index in [0.717, 1.165) is 4.57 Å². The van der Waals surface area contributed by atoms with E-state index < -0.39 is 12.7 Å². The Morgan fingerprint density at radius 1 is 1.50 bits per heavy atom. The molecule has 0 unspecified atom stereocenters. The van der Waals surface area contributed by atoms with E-state index in [1.807, 2.05) is 0 Å². The molecule has 2 nitrogen and oxygen atoms in total. The maximum Gasteiger partial charge on any atom is 0.406 e. The topological polar surface area (TPSA) is 17.8 Å². The first kappa shape index (κ1) is 9.09. The molecule has 0 aliphatic heterocycles. The van der Waals surface area contributed by atoms with Crippen LogP contribution in [0.3, 0.4) is 0 Å². The summed E-state index contributed by atoms with van der Waals surface area (Å²) in [5, 5.41) is 0. The van der Waals surface area contributed by atoms with Crippen LogP contribution < -0.4 is 0 Å². The molecule has 0 aliphatic carbocycles. The van der Waals surface area contributed by atoms with Crippen molar-refractivity contribution in [1.82, 2.24) is 9.55 Å². The lowest BCUT2D eigenvalue weighted by molar-refractivity contribution is -0.141. The molecule has 0 radical (unpaired) electrons. The van der Waals surface area contributed by atoms with E-state index in [-0.39, 0.29) is 0 Å². The van der Waals surface area contributed by atoms with Crippen LogP contribution in [0.25, 0.3) is 0 Å². The minimum Gasteiger partial charge on any atom is -0.326 e. The molecule has 1 aromatic rings. The molecular formula is C7H9F3N2. The molecule has 0 saturated carbocycles. The van der Waals surface area contributed by atoms with Crippen LogP contribution in [0.2, 0.25) is 0 Å². The zero-order chi connectivity index (χ0) is 9.19. The molecule has 5 heteroatoms. The Morgan fingerprint density at radius 2 is 2.17 bits per heavy atom. The van der Waals surface area contributed by atoms with Crippen molar-refractivity contribution in [3.8, 4) is 0 Å². The van der Waals surface area contributed by atoms with Gasteiger partial charge < -0.3 is 4.57 Å². The number of hydrogen-bond donors (Lipinski definition) is 0. The highest BCUT2D eigenvalue weighted by Crippen LogP contribution is 2.18. The summed E-state index contributed by atoms with van der Waals surface area (Å²) in [5.74, 6) is 0.465. The fourth-order valence-electron chi connectivity index (χ4n) is 0.992. The van der Waals surface area contributed by atoms with Crippen molar-refractivity contribution in [3.63, 3.8) is 0 Å². The van der Waals surface area contributed by atoms with E-state index in [9.17, 15) is 13.2 Å². The van der Waals surface area contributed by atoms with Gasteiger partial charge in [0.1, 0.15) is 12.4 Å². The number of aryl methyl sites for hydroxylation is 1. The number of rotatable bonds is 2. The second kappa shape index (κ2) is 3.16. The highest BCUT2D eigenvalue weighted by atomic mass is 19.4. The summed E-state index contributed by atoms with van der Waals surface area (Å²) in [4.78, 5) is 3.78. The highest BCUT2D eigenvalue weighted by Gasteiger charge is 2.28. The van der Waals surface area contributed by atoms with E-state index in [1.54, 1.807) is 6.92 Å². The number of halogens is 3. The molecule has 1 aromatic heterocycles. The minimum atomic E-state index is -4.16. The lowest BCUT2D eigenvalue weighted by Gasteiger charge is -2.08. The second-order valence-electron chi connectivity index (χ2n) is 2.44. The van der Waals surface area contributed by atoms with Crippen LogP contribution in [0.4, 0.5) is 13.2 Å². The molecule has 0 aromatic carbocycles. The molecule has 1 heterocycles. The van der Waals surface area contributed by atoms with Crippen molar-refractivity contribution >= 4 is 0 Å². The first-order valence-corrected chi connectivity index (χ1v) is 3.59.